The zero-order valence-corrected chi connectivity index (χ0v) is 18.2. The molecule has 0 aliphatic heterocycles. The SMILES string of the molecule is CC(O)C(N)(C(=O)O)c1nc(Nc2cccc(C(F)(F)F)c2)nc(Nc2cccc(C(F)(F)F)c2)n1. The van der Waals surface area contributed by atoms with E-state index in [2.05, 4.69) is 25.6 Å². The van der Waals surface area contributed by atoms with Gasteiger partial charge in [-0.3, -0.25) is 0 Å². The molecule has 2 aromatic carbocycles. The minimum absolute atomic E-state index is 0.151. The Kier molecular flexibility index (Phi) is 7.08. The van der Waals surface area contributed by atoms with Crippen LogP contribution >= 0.6 is 0 Å². The number of aliphatic carboxylic acids is 1. The van der Waals surface area contributed by atoms with Gasteiger partial charge in [0.05, 0.1) is 17.2 Å². The summed E-state index contributed by atoms with van der Waals surface area (Å²) >= 11 is 0. The minimum atomic E-state index is -4.67. The van der Waals surface area contributed by atoms with Crippen molar-refractivity contribution in [3.8, 4) is 0 Å². The number of aliphatic hydroxyl groups excluding tert-OH is 1. The average molecular weight is 516 g/mol. The third-order valence-electron chi connectivity index (χ3n) is 4.91. The Morgan fingerprint density at radius 3 is 1.61 bits per heavy atom. The molecule has 2 atom stereocenters. The van der Waals surface area contributed by atoms with Crippen molar-refractivity contribution in [3.05, 3.63) is 65.5 Å². The number of aliphatic hydroxyl groups is 1. The number of carbonyl (C=O) groups is 1. The molecule has 0 aliphatic carbocycles. The van der Waals surface area contributed by atoms with E-state index in [9.17, 15) is 41.4 Å². The van der Waals surface area contributed by atoms with E-state index in [4.69, 9.17) is 5.73 Å². The molecule has 0 amide bonds. The van der Waals surface area contributed by atoms with Gasteiger partial charge in [0, 0.05) is 11.4 Å². The van der Waals surface area contributed by atoms with Gasteiger partial charge in [0.1, 0.15) is 0 Å². The van der Waals surface area contributed by atoms with E-state index in [0.29, 0.717) is 0 Å². The fraction of sp³-hybridized carbons (Fsp3) is 0.238. The van der Waals surface area contributed by atoms with Gasteiger partial charge in [-0.15, -0.1) is 0 Å². The number of hydrogen-bond acceptors (Lipinski definition) is 8. The van der Waals surface area contributed by atoms with E-state index in [1.54, 1.807) is 0 Å². The lowest BCUT2D eigenvalue weighted by molar-refractivity contribution is -0.148. The van der Waals surface area contributed by atoms with Gasteiger partial charge >= 0.3 is 18.3 Å². The second kappa shape index (κ2) is 9.58. The Morgan fingerprint density at radius 2 is 1.28 bits per heavy atom. The third kappa shape index (κ3) is 5.80. The maximum Gasteiger partial charge on any atom is 0.416 e. The normalized spacial score (nSPS) is 14.6. The van der Waals surface area contributed by atoms with Crippen molar-refractivity contribution >= 4 is 29.2 Å². The van der Waals surface area contributed by atoms with Gasteiger partial charge in [-0.05, 0) is 43.3 Å². The molecule has 0 saturated heterocycles. The monoisotopic (exact) mass is 516 g/mol. The molecule has 0 saturated carbocycles. The predicted molar refractivity (Wildman–Crippen MR) is 114 cm³/mol. The van der Waals surface area contributed by atoms with Crippen molar-refractivity contribution in [2.24, 2.45) is 5.73 Å². The van der Waals surface area contributed by atoms with Crippen LogP contribution in [0.3, 0.4) is 0 Å². The van der Waals surface area contributed by atoms with Crippen molar-refractivity contribution in [2.75, 3.05) is 10.6 Å². The zero-order valence-electron chi connectivity index (χ0n) is 18.2. The van der Waals surface area contributed by atoms with E-state index < -0.39 is 58.8 Å². The van der Waals surface area contributed by atoms with Crippen LogP contribution in [0.4, 0.5) is 49.6 Å². The number of nitrogens with one attached hydrogen (secondary N) is 2. The number of aromatic nitrogens is 3. The minimum Gasteiger partial charge on any atom is -0.479 e. The lowest BCUT2D eigenvalue weighted by Crippen LogP contribution is -2.54. The van der Waals surface area contributed by atoms with Crippen LogP contribution in [0.15, 0.2) is 48.5 Å². The first-order valence-corrected chi connectivity index (χ1v) is 9.96. The summed E-state index contributed by atoms with van der Waals surface area (Å²) in [5.41, 5.74) is 0.920. The molecule has 0 spiro atoms. The van der Waals surface area contributed by atoms with E-state index in [1.807, 2.05) is 0 Å². The van der Waals surface area contributed by atoms with Crippen molar-refractivity contribution in [2.45, 2.75) is 30.9 Å². The van der Waals surface area contributed by atoms with Gasteiger partial charge in [0.15, 0.2) is 5.82 Å². The van der Waals surface area contributed by atoms with Crippen LogP contribution in [0.2, 0.25) is 0 Å². The first-order chi connectivity index (χ1) is 16.6. The number of nitrogens with zero attached hydrogens (tertiary/aromatic N) is 3. The van der Waals surface area contributed by atoms with E-state index >= 15 is 0 Å². The van der Waals surface area contributed by atoms with Crippen LogP contribution in [0.25, 0.3) is 0 Å². The molecular formula is C21H18F6N6O3. The quantitative estimate of drug-likeness (QED) is 0.294. The molecule has 192 valence electrons. The lowest BCUT2D eigenvalue weighted by Gasteiger charge is -2.26. The summed E-state index contributed by atoms with van der Waals surface area (Å²) in [4.78, 5) is 23.4. The van der Waals surface area contributed by atoms with Gasteiger partial charge in [0.25, 0.3) is 0 Å². The van der Waals surface area contributed by atoms with Crippen molar-refractivity contribution in [1.82, 2.24) is 15.0 Å². The number of hydrogen-bond donors (Lipinski definition) is 5. The summed E-state index contributed by atoms with van der Waals surface area (Å²) in [5.74, 6) is -3.46. The van der Waals surface area contributed by atoms with Gasteiger partial charge < -0.3 is 26.6 Å². The van der Waals surface area contributed by atoms with Crippen LogP contribution in [0.1, 0.15) is 23.9 Å². The molecule has 9 nitrogen and oxygen atoms in total. The number of benzene rings is 2. The number of rotatable bonds is 7. The van der Waals surface area contributed by atoms with Gasteiger partial charge in [-0.1, -0.05) is 12.1 Å². The first-order valence-electron chi connectivity index (χ1n) is 9.96. The summed E-state index contributed by atoms with van der Waals surface area (Å²) in [6, 6.07) is 7.74. The number of nitrogens with two attached hydrogens (primary N) is 1. The highest BCUT2D eigenvalue weighted by atomic mass is 19.4. The maximum absolute atomic E-state index is 13.1. The molecule has 0 bridgehead atoms. The summed E-state index contributed by atoms with van der Waals surface area (Å²) in [5, 5.41) is 24.5. The molecule has 36 heavy (non-hydrogen) atoms. The number of carboxylic acid groups (broad SMARTS) is 1. The van der Waals surface area contributed by atoms with E-state index in [-0.39, 0.29) is 11.4 Å². The van der Waals surface area contributed by atoms with E-state index in [0.717, 1.165) is 43.3 Å². The van der Waals surface area contributed by atoms with Gasteiger partial charge in [0.2, 0.25) is 17.4 Å². The fourth-order valence-corrected chi connectivity index (χ4v) is 2.94. The molecule has 3 aromatic rings. The molecule has 0 radical (unpaired) electrons. The van der Waals surface area contributed by atoms with Crippen LogP contribution < -0.4 is 16.4 Å². The maximum atomic E-state index is 13.1. The van der Waals surface area contributed by atoms with Crippen LogP contribution in [-0.2, 0) is 22.7 Å². The summed E-state index contributed by atoms with van der Waals surface area (Å²) in [7, 11) is 0. The molecule has 2 unspecified atom stereocenters. The number of carboxylic acids is 1. The number of anilines is 4. The summed E-state index contributed by atoms with van der Waals surface area (Å²) in [6.07, 6.45) is -11.1. The predicted octanol–water partition coefficient (Wildman–Crippen LogP) is 4.02. The fourth-order valence-electron chi connectivity index (χ4n) is 2.94. The Labute approximate surface area is 199 Å². The molecule has 3 rings (SSSR count). The first kappa shape index (κ1) is 26.6. The molecule has 1 aromatic heterocycles. The number of halogens is 6. The molecule has 0 fully saturated rings. The largest absolute Gasteiger partial charge is 0.479 e. The van der Waals surface area contributed by atoms with Crippen LogP contribution in [-0.4, -0.2) is 37.2 Å². The van der Waals surface area contributed by atoms with E-state index in [1.165, 1.54) is 12.1 Å². The van der Waals surface area contributed by atoms with Crippen molar-refractivity contribution in [3.63, 3.8) is 0 Å². The summed E-state index contributed by atoms with van der Waals surface area (Å²) < 4.78 is 78.4. The Balaban J connectivity index is 2.09. The van der Waals surface area contributed by atoms with Crippen LogP contribution in [0.5, 0.6) is 0 Å². The Hall–Kier alpha value is -3.98. The third-order valence-corrected chi connectivity index (χ3v) is 4.91. The lowest BCUT2D eigenvalue weighted by atomic mass is 9.94. The van der Waals surface area contributed by atoms with Gasteiger partial charge in [-0.25, -0.2) is 4.79 Å². The molecule has 15 heteroatoms. The Bertz CT molecular complexity index is 1190. The van der Waals surface area contributed by atoms with Crippen LogP contribution in [0, 0.1) is 0 Å². The molecule has 6 N–H and O–H groups in total. The molecule has 0 aliphatic rings. The smallest absolute Gasteiger partial charge is 0.416 e. The molecule has 1 heterocycles. The van der Waals surface area contributed by atoms with Crippen molar-refractivity contribution in [1.29, 1.82) is 0 Å². The zero-order chi connectivity index (χ0) is 26.9. The Morgan fingerprint density at radius 1 is 0.861 bits per heavy atom. The second-order valence-corrected chi connectivity index (χ2v) is 7.56. The highest BCUT2D eigenvalue weighted by Crippen LogP contribution is 2.33. The van der Waals surface area contributed by atoms with Crippen molar-refractivity contribution < 1.29 is 41.4 Å². The average Bonchev–Trinajstić information content (AvgIpc) is 2.77. The summed E-state index contributed by atoms with van der Waals surface area (Å²) in [6.45, 7) is 1.04. The highest BCUT2D eigenvalue weighted by molar-refractivity contribution is 5.80. The molecular weight excluding hydrogens is 498 g/mol. The topological polar surface area (TPSA) is 146 Å². The highest BCUT2D eigenvalue weighted by Gasteiger charge is 2.45. The second-order valence-electron chi connectivity index (χ2n) is 7.56. The van der Waals surface area contributed by atoms with Gasteiger partial charge in [-0.2, -0.15) is 41.3 Å². The number of alkyl halides is 6. The standard InChI is InChI=1S/C21H18F6N6O3/c1-10(34)19(28,16(35)36)15-31-17(29-13-6-2-4-11(8-13)20(22,23)24)33-18(32-15)30-14-7-3-5-12(9-14)21(25,26)27/h2-10,34H,28H2,1H3,(H,35,36)(H2,29,30,31,32,33).